The Morgan fingerprint density at radius 3 is 2.67 bits per heavy atom. The number of aliphatic hydroxyl groups is 1. The first kappa shape index (κ1) is 13.9. The maximum Gasteiger partial charge on any atom is 0.134 e. The van der Waals surface area contributed by atoms with E-state index in [-0.39, 0.29) is 6.04 Å². The summed E-state index contributed by atoms with van der Waals surface area (Å²) >= 11 is 1.61. The molecule has 1 saturated heterocycles. The van der Waals surface area contributed by atoms with Crippen molar-refractivity contribution in [3.63, 3.8) is 0 Å². The molecule has 0 bridgehead atoms. The van der Waals surface area contributed by atoms with E-state index in [9.17, 15) is 5.11 Å². The van der Waals surface area contributed by atoms with Crippen LogP contribution in [0.4, 0.5) is 0 Å². The topological polar surface area (TPSA) is 58.5 Å². The van der Waals surface area contributed by atoms with Crippen LogP contribution in [0.3, 0.4) is 0 Å². The highest BCUT2D eigenvalue weighted by Crippen LogP contribution is 2.27. The van der Waals surface area contributed by atoms with Crippen LogP contribution < -0.4 is 0 Å². The van der Waals surface area contributed by atoms with Gasteiger partial charge in [-0.2, -0.15) is 0 Å². The lowest BCUT2D eigenvalue weighted by Crippen LogP contribution is -2.46. The van der Waals surface area contributed by atoms with Gasteiger partial charge in [-0.1, -0.05) is 0 Å². The molecule has 0 aromatic carbocycles. The second-order valence-electron chi connectivity index (χ2n) is 5.09. The monoisotopic (exact) mass is 271 g/mol. The van der Waals surface area contributed by atoms with E-state index in [0.717, 1.165) is 10.0 Å². The summed E-state index contributed by atoms with van der Waals surface area (Å²) in [6.07, 6.45) is 1.42. The zero-order chi connectivity index (χ0) is 13.2. The van der Waals surface area contributed by atoms with Gasteiger partial charge in [0.1, 0.15) is 10.0 Å². The first-order valence-corrected chi connectivity index (χ1v) is 7.12. The van der Waals surface area contributed by atoms with E-state index in [2.05, 4.69) is 22.0 Å². The fourth-order valence-corrected chi connectivity index (χ4v) is 3.00. The molecule has 0 radical (unpaired) electrons. The molecule has 1 aromatic rings. The number of aromatic nitrogens is 2. The quantitative estimate of drug-likeness (QED) is 0.896. The molecule has 0 saturated carbocycles. The Labute approximate surface area is 112 Å². The van der Waals surface area contributed by atoms with Gasteiger partial charge < -0.3 is 9.84 Å². The van der Waals surface area contributed by atoms with E-state index in [1.165, 1.54) is 0 Å². The lowest BCUT2D eigenvalue weighted by molar-refractivity contribution is -0.0809. The van der Waals surface area contributed by atoms with Crippen LogP contribution in [0.15, 0.2) is 0 Å². The first-order chi connectivity index (χ1) is 8.50. The van der Waals surface area contributed by atoms with Crippen molar-refractivity contribution in [3.05, 3.63) is 10.0 Å². The van der Waals surface area contributed by atoms with Crippen LogP contribution in [0.25, 0.3) is 0 Å². The molecule has 1 aromatic heterocycles. The molecule has 5 nitrogen and oxygen atoms in total. The third-order valence-electron chi connectivity index (χ3n) is 3.53. The van der Waals surface area contributed by atoms with Crippen molar-refractivity contribution in [2.45, 2.75) is 38.3 Å². The number of likely N-dealkylation sites (N-methyl/N-ethyl adjacent to an activating group) is 1. The molecule has 1 aliphatic rings. The maximum absolute atomic E-state index is 10.5. The maximum atomic E-state index is 10.5. The second-order valence-corrected chi connectivity index (χ2v) is 6.30. The zero-order valence-corrected chi connectivity index (χ0v) is 12.0. The van der Waals surface area contributed by atoms with E-state index in [1.54, 1.807) is 11.3 Å². The summed E-state index contributed by atoms with van der Waals surface area (Å²) < 4.78 is 5.30. The van der Waals surface area contributed by atoms with E-state index in [1.807, 2.05) is 14.0 Å². The number of aryl methyl sites for hydroxylation is 1. The van der Waals surface area contributed by atoms with Gasteiger partial charge in [0.05, 0.1) is 11.6 Å². The van der Waals surface area contributed by atoms with Gasteiger partial charge in [0.2, 0.25) is 0 Å². The number of nitrogens with zero attached hydrogens (tertiary/aromatic N) is 3. The highest BCUT2D eigenvalue weighted by Gasteiger charge is 2.32. The number of hydrogen-bond donors (Lipinski definition) is 1. The fraction of sp³-hybridized carbons (Fsp3) is 0.833. The van der Waals surface area contributed by atoms with Crippen molar-refractivity contribution in [1.82, 2.24) is 15.1 Å². The number of ether oxygens (including phenoxy) is 1. The molecule has 2 rings (SSSR count). The van der Waals surface area contributed by atoms with E-state index in [0.29, 0.717) is 32.6 Å². The Morgan fingerprint density at radius 2 is 2.11 bits per heavy atom. The lowest BCUT2D eigenvalue weighted by Gasteiger charge is -2.37. The van der Waals surface area contributed by atoms with Crippen LogP contribution in [-0.2, 0) is 4.74 Å². The summed E-state index contributed by atoms with van der Waals surface area (Å²) in [7, 11) is 2.02. The zero-order valence-electron chi connectivity index (χ0n) is 11.2. The molecular formula is C12H21N3O2S. The minimum Gasteiger partial charge on any atom is -0.388 e. The SMILES string of the molecule is Cc1nnc(C(C)N(C)CC2(O)CCOCC2)s1. The number of rotatable bonds is 4. The lowest BCUT2D eigenvalue weighted by atomic mass is 9.93. The first-order valence-electron chi connectivity index (χ1n) is 6.30. The van der Waals surface area contributed by atoms with E-state index in [4.69, 9.17) is 4.74 Å². The Bertz CT molecular complexity index is 390. The molecular weight excluding hydrogens is 250 g/mol. The van der Waals surface area contributed by atoms with Crippen LogP contribution >= 0.6 is 11.3 Å². The van der Waals surface area contributed by atoms with Gasteiger partial charge >= 0.3 is 0 Å². The third kappa shape index (κ3) is 3.26. The number of hydrogen-bond acceptors (Lipinski definition) is 6. The van der Waals surface area contributed by atoms with Crippen molar-refractivity contribution < 1.29 is 9.84 Å². The van der Waals surface area contributed by atoms with Crippen LogP contribution in [-0.4, -0.2) is 52.6 Å². The fourth-order valence-electron chi connectivity index (χ4n) is 2.18. The van der Waals surface area contributed by atoms with Gasteiger partial charge in [0.15, 0.2) is 0 Å². The highest BCUT2D eigenvalue weighted by atomic mass is 32.1. The second kappa shape index (κ2) is 5.61. The molecule has 0 spiro atoms. The molecule has 6 heteroatoms. The smallest absolute Gasteiger partial charge is 0.134 e. The minimum absolute atomic E-state index is 0.183. The third-order valence-corrected chi connectivity index (χ3v) is 4.54. The average molecular weight is 271 g/mol. The molecule has 0 amide bonds. The van der Waals surface area contributed by atoms with Crippen LogP contribution in [0.1, 0.15) is 35.8 Å². The Balaban J connectivity index is 1.96. The molecule has 1 aliphatic heterocycles. The van der Waals surface area contributed by atoms with Crippen molar-refractivity contribution in [1.29, 1.82) is 0 Å². The van der Waals surface area contributed by atoms with Crippen molar-refractivity contribution in [2.24, 2.45) is 0 Å². The van der Waals surface area contributed by atoms with E-state index < -0.39 is 5.60 Å². The molecule has 0 aliphatic carbocycles. The van der Waals surface area contributed by atoms with E-state index >= 15 is 0 Å². The molecule has 1 unspecified atom stereocenters. The minimum atomic E-state index is -0.624. The highest BCUT2D eigenvalue weighted by molar-refractivity contribution is 7.11. The molecule has 2 heterocycles. The van der Waals surface area contributed by atoms with Crippen molar-refractivity contribution in [3.8, 4) is 0 Å². The summed E-state index contributed by atoms with van der Waals surface area (Å²) in [4.78, 5) is 2.14. The van der Waals surface area contributed by atoms with Gasteiger partial charge in [0.25, 0.3) is 0 Å². The predicted molar refractivity (Wildman–Crippen MR) is 70.7 cm³/mol. The Morgan fingerprint density at radius 1 is 1.44 bits per heavy atom. The van der Waals surface area contributed by atoms with Crippen molar-refractivity contribution >= 4 is 11.3 Å². The van der Waals surface area contributed by atoms with Gasteiger partial charge in [0, 0.05) is 32.6 Å². The van der Waals surface area contributed by atoms with Gasteiger partial charge in [-0.3, -0.25) is 4.90 Å². The van der Waals surface area contributed by atoms with Gasteiger partial charge in [-0.05, 0) is 20.9 Å². The summed E-state index contributed by atoms with van der Waals surface area (Å²) in [5, 5.41) is 20.7. The standard InChI is InChI=1S/C12H21N3O2S/c1-9(11-14-13-10(2)18-11)15(3)8-12(16)4-6-17-7-5-12/h9,16H,4-8H2,1-3H3. The summed E-state index contributed by atoms with van der Waals surface area (Å²) in [6, 6.07) is 0.183. The van der Waals surface area contributed by atoms with Crippen LogP contribution in [0, 0.1) is 6.92 Å². The summed E-state index contributed by atoms with van der Waals surface area (Å²) in [6.45, 7) is 6.01. The molecule has 1 fully saturated rings. The van der Waals surface area contributed by atoms with Crippen LogP contribution in [0.2, 0.25) is 0 Å². The van der Waals surface area contributed by atoms with Gasteiger partial charge in [-0.25, -0.2) is 0 Å². The van der Waals surface area contributed by atoms with Gasteiger partial charge in [-0.15, -0.1) is 21.5 Å². The average Bonchev–Trinajstić information content (AvgIpc) is 2.75. The molecule has 1 atom stereocenters. The van der Waals surface area contributed by atoms with Crippen molar-refractivity contribution in [2.75, 3.05) is 26.8 Å². The normalized spacial score (nSPS) is 21.2. The molecule has 18 heavy (non-hydrogen) atoms. The summed E-state index contributed by atoms with van der Waals surface area (Å²) in [5.41, 5.74) is -0.624. The Hall–Kier alpha value is -0.560. The Kier molecular flexibility index (Phi) is 4.32. The summed E-state index contributed by atoms with van der Waals surface area (Å²) in [5.74, 6) is 0. The largest absolute Gasteiger partial charge is 0.388 e. The van der Waals surface area contributed by atoms with Crippen LogP contribution in [0.5, 0.6) is 0 Å². The molecule has 102 valence electrons. The molecule has 1 N–H and O–H groups in total. The predicted octanol–water partition coefficient (Wildman–Crippen LogP) is 1.38.